The zero-order chi connectivity index (χ0) is 13.3. The van der Waals surface area contributed by atoms with E-state index in [9.17, 15) is 9.59 Å². The highest BCUT2D eigenvalue weighted by Crippen LogP contribution is 2.03. The Hall–Kier alpha value is -0.900. The van der Waals surface area contributed by atoms with E-state index in [1.807, 2.05) is 20.9 Å². The van der Waals surface area contributed by atoms with Crippen LogP contribution in [0.4, 0.5) is 0 Å². The monoisotopic (exact) mass is 242 g/mol. The zero-order valence-corrected chi connectivity index (χ0v) is 11.6. The Bertz CT molecular complexity index is 240. The average Bonchev–Trinajstić information content (AvgIpc) is 2.28. The van der Waals surface area contributed by atoms with E-state index in [0.29, 0.717) is 25.2 Å². The number of rotatable bonds is 9. The molecule has 17 heavy (non-hydrogen) atoms. The summed E-state index contributed by atoms with van der Waals surface area (Å²) in [6.45, 7) is 5.34. The molecule has 0 saturated heterocycles. The number of carbonyl (C=O) groups excluding carboxylic acids is 2. The fourth-order valence-corrected chi connectivity index (χ4v) is 1.65. The molecule has 0 aliphatic rings. The van der Waals surface area contributed by atoms with Crippen molar-refractivity contribution in [2.75, 3.05) is 27.2 Å². The van der Waals surface area contributed by atoms with Gasteiger partial charge in [-0.05, 0) is 26.4 Å². The number of amides is 1. The summed E-state index contributed by atoms with van der Waals surface area (Å²) in [5.74, 6) is 0.476. The van der Waals surface area contributed by atoms with Crippen LogP contribution in [0.3, 0.4) is 0 Å². The van der Waals surface area contributed by atoms with Crippen LogP contribution < -0.4 is 5.32 Å². The fourth-order valence-electron chi connectivity index (χ4n) is 1.65. The number of nitrogens with one attached hydrogen (secondary N) is 1. The van der Waals surface area contributed by atoms with Gasteiger partial charge in [0.2, 0.25) is 5.91 Å². The average molecular weight is 242 g/mol. The first-order valence-electron chi connectivity index (χ1n) is 6.40. The Morgan fingerprint density at radius 3 is 2.29 bits per heavy atom. The first-order valence-corrected chi connectivity index (χ1v) is 6.40. The van der Waals surface area contributed by atoms with Crippen molar-refractivity contribution >= 4 is 11.7 Å². The number of nitrogens with zero attached hydrogens (tertiary/aromatic N) is 1. The number of Topliss-reactive ketones (excluding diaryl/α,β-unsaturated/α-hetero) is 1. The van der Waals surface area contributed by atoms with E-state index in [1.54, 1.807) is 11.9 Å². The molecular weight excluding hydrogens is 216 g/mol. The van der Waals surface area contributed by atoms with E-state index in [0.717, 1.165) is 19.4 Å². The second-order valence-corrected chi connectivity index (χ2v) is 4.76. The zero-order valence-electron chi connectivity index (χ0n) is 11.6. The Balaban J connectivity index is 3.62. The third-order valence-corrected chi connectivity index (χ3v) is 2.70. The number of hydrogen-bond acceptors (Lipinski definition) is 3. The van der Waals surface area contributed by atoms with Crippen LogP contribution in [0, 0.1) is 5.92 Å². The smallest absolute Gasteiger partial charge is 0.224 e. The van der Waals surface area contributed by atoms with Crippen LogP contribution in [0.2, 0.25) is 0 Å². The minimum atomic E-state index is 0.0336. The quantitative estimate of drug-likeness (QED) is 0.623. The summed E-state index contributed by atoms with van der Waals surface area (Å²) in [7, 11) is 3.69. The summed E-state index contributed by atoms with van der Waals surface area (Å²) >= 11 is 0. The van der Waals surface area contributed by atoms with Gasteiger partial charge in [-0.2, -0.15) is 0 Å². The molecule has 1 amide bonds. The fraction of sp³-hybridized carbons (Fsp3) is 0.846. The standard InChI is InChI=1S/C13H26N2O2/c1-11(2)13(17)15(4)10-6-8-12(16)7-5-9-14-3/h11,14H,5-10H2,1-4H3. The predicted octanol–water partition coefficient (Wildman–Crippen LogP) is 1.45. The maximum Gasteiger partial charge on any atom is 0.224 e. The first kappa shape index (κ1) is 16.1. The van der Waals surface area contributed by atoms with Gasteiger partial charge in [-0.1, -0.05) is 13.8 Å². The van der Waals surface area contributed by atoms with Crippen LogP contribution >= 0.6 is 0 Å². The summed E-state index contributed by atoms with van der Waals surface area (Å²) in [5.41, 5.74) is 0. The lowest BCUT2D eigenvalue weighted by Gasteiger charge is -2.18. The van der Waals surface area contributed by atoms with Crippen LogP contribution in [-0.2, 0) is 9.59 Å². The van der Waals surface area contributed by atoms with Crippen LogP contribution in [0.5, 0.6) is 0 Å². The van der Waals surface area contributed by atoms with Gasteiger partial charge < -0.3 is 10.2 Å². The van der Waals surface area contributed by atoms with Gasteiger partial charge >= 0.3 is 0 Å². The summed E-state index contributed by atoms with van der Waals surface area (Å²) in [6, 6.07) is 0. The summed E-state index contributed by atoms with van der Waals surface area (Å²) < 4.78 is 0. The molecule has 0 unspecified atom stereocenters. The topological polar surface area (TPSA) is 49.4 Å². The number of carbonyl (C=O) groups is 2. The van der Waals surface area contributed by atoms with Crippen molar-refractivity contribution in [3.63, 3.8) is 0 Å². The van der Waals surface area contributed by atoms with Crippen LogP contribution in [0.15, 0.2) is 0 Å². The molecule has 100 valence electrons. The molecule has 4 heteroatoms. The minimum Gasteiger partial charge on any atom is -0.346 e. The molecule has 0 atom stereocenters. The molecule has 0 spiro atoms. The SMILES string of the molecule is CNCCCC(=O)CCCN(C)C(=O)C(C)C. The maximum absolute atomic E-state index is 11.6. The molecule has 0 radical (unpaired) electrons. The molecule has 0 aliphatic heterocycles. The Morgan fingerprint density at radius 1 is 1.18 bits per heavy atom. The lowest BCUT2D eigenvalue weighted by Crippen LogP contribution is -2.31. The molecular formula is C13H26N2O2. The number of ketones is 1. The van der Waals surface area contributed by atoms with E-state index in [4.69, 9.17) is 0 Å². The van der Waals surface area contributed by atoms with Gasteiger partial charge in [-0.25, -0.2) is 0 Å². The molecule has 0 heterocycles. The van der Waals surface area contributed by atoms with E-state index in [2.05, 4.69) is 5.32 Å². The summed E-state index contributed by atoms with van der Waals surface area (Å²) in [5, 5.41) is 3.02. The third-order valence-electron chi connectivity index (χ3n) is 2.70. The van der Waals surface area contributed by atoms with Crippen LogP contribution in [-0.4, -0.2) is 43.8 Å². The second kappa shape index (κ2) is 9.16. The highest BCUT2D eigenvalue weighted by atomic mass is 16.2. The van der Waals surface area contributed by atoms with Gasteiger partial charge in [0.05, 0.1) is 0 Å². The summed E-state index contributed by atoms with van der Waals surface area (Å²) in [4.78, 5) is 24.7. The molecule has 0 bridgehead atoms. The van der Waals surface area contributed by atoms with Gasteiger partial charge in [-0.3, -0.25) is 9.59 Å². The van der Waals surface area contributed by atoms with E-state index < -0.39 is 0 Å². The molecule has 0 rings (SSSR count). The third kappa shape index (κ3) is 7.91. The Morgan fingerprint density at radius 2 is 1.76 bits per heavy atom. The lowest BCUT2D eigenvalue weighted by molar-refractivity contribution is -0.133. The number of hydrogen-bond donors (Lipinski definition) is 1. The normalized spacial score (nSPS) is 10.6. The molecule has 0 saturated carbocycles. The van der Waals surface area contributed by atoms with Crippen molar-refractivity contribution < 1.29 is 9.59 Å². The molecule has 0 aromatic heterocycles. The molecule has 0 aliphatic carbocycles. The molecule has 1 N–H and O–H groups in total. The van der Waals surface area contributed by atoms with E-state index in [-0.39, 0.29) is 11.8 Å². The largest absolute Gasteiger partial charge is 0.346 e. The highest BCUT2D eigenvalue weighted by molar-refractivity contribution is 5.79. The molecule has 0 fully saturated rings. The van der Waals surface area contributed by atoms with Gasteiger partial charge in [0, 0.05) is 32.4 Å². The van der Waals surface area contributed by atoms with Gasteiger partial charge in [0.1, 0.15) is 5.78 Å². The highest BCUT2D eigenvalue weighted by Gasteiger charge is 2.12. The first-order chi connectivity index (χ1) is 7.99. The van der Waals surface area contributed by atoms with E-state index in [1.165, 1.54) is 0 Å². The Labute approximate surface area is 105 Å². The van der Waals surface area contributed by atoms with Crippen molar-refractivity contribution in [3.8, 4) is 0 Å². The van der Waals surface area contributed by atoms with Gasteiger partial charge in [-0.15, -0.1) is 0 Å². The van der Waals surface area contributed by atoms with Crippen molar-refractivity contribution in [2.24, 2.45) is 5.92 Å². The summed E-state index contributed by atoms with van der Waals surface area (Å²) in [6.07, 6.45) is 2.89. The second-order valence-electron chi connectivity index (χ2n) is 4.76. The maximum atomic E-state index is 11.6. The van der Waals surface area contributed by atoms with Crippen molar-refractivity contribution in [1.82, 2.24) is 10.2 Å². The van der Waals surface area contributed by atoms with Crippen molar-refractivity contribution in [2.45, 2.75) is 39.5 Å². The van der Waals surface area contributed by atoms with Gasteiger partial charge in [0.25, 0.3) is 0 Å². The van der Waals surface area contributed by atoms with Crippen LogP contribution in [0.25, 0.3) is 0 Å². The van der Waals surface area contributed by atoms with Crippen LogP contribution in [0.1, 0.15) is 39.5 Å². The lowest BCUT2D eigenvalue weighted by atomic mass is 10.1. The van der Waals surface area contributed by atoms with Gasteiger partial charge in [0.15, 0.2) is 0 Å². The van der Waals surface area contributed by atoms with Crippen molar-refractivity contribution in [1.29, 1.82) is 0 Å². The Kier molecular flexibility index (Phi) is 8.68. The molecule has 4 nitrogen and oxygen atoms in total. The van der Waals surface area contributed by atoms with Crippen molar-refractivity contribution in [3.05, 3.63) is 0 Å². The molecule has 0 aromatic carbocycles. The molecule has 0 aromatic rings. The predicted molar refractivity (Wildman–Crippen MR) is 69.9 cm³/mol. The van der Waals surface area contributed by atoms with E-state index >= 15 is 0 Å². The minimum absolute atomic E-state index is 0.0336.